The molecule has 0 bridgehead atoms. The summed E-state index contributed by atoms with van der Waals surface area (Å²) in [4.78, 5) is 28.4. The van der Waals surface area contributed by atoms with Crippen LogP contribution in [-0.2, 0) is 11.2 Å². The van der Waals surface area contributed by atoms with Gasteiger partial charge in [0.25, 0.3) is 0 Å². The van der Waals surface area contributed by atoms with Crippen molar-refractivity contribution in [2.45, 2.75) is 20.3 Å². The normalized spacial score (nSPS) is 13.7. The van der Waals surface area contributed by atoms with Gasteiger partial charge in [-0.2, -0.15) is 0 Å². The number of aromatic nitrogens is 3. The molecule has 31 heavy (non-hydrogen) atoms. The number of para-hydroxylation sites is 1. The van der Waals surface area contributed by atoms with Gasteiger partial charge in [0.2, 0.25) is 0 Å². The second-order valence-electron chi connectivity index (χ2n) is 7.27. The van der Waals surface area contributed by atoms with Gasteiger partial charge in [-0.05, 0) is 37.6 Å². The Morgan fingerprint density at radius 2 is 1.84 bits per heavy atom. The van der Waals surface area contributed by atoms with Crippen molar-refractivity contribution in [3.05, 3.63) is 59.9 Å². The molecule has 0 radical (unpaired) electrons. The van der Waals surface area contributed by atoms with E-state index in [1.807, 2.05) is 36.4 Å². The third-order valence-corrected chi connectivity index (χ3v) is 5.16. The number of aryl methyl sites for hydroxylation is 1. The maximum absolute atomic E-state index is 12.2. The summed E-state index contributed by atoms with van der Waals surface area (Å²) >= 11 is 0. The third kappa shape index (κ3) is 4.97. The minimum Gasteiger partial charge on any atom is -0.378 e. The Morgan fingerprint density at radius 1 is 1.06 bits per heavy atom. The van der Waals surface area contributed by atoms with Crippen molar-refractivity contribution in [2.24, 2.45) is 0 Å². The van der Waals surface area contributed by atoms with Gasteiger partial charge in [0.1, 0.15) is 11.6 Å². The van der Waals surface area contributed by atoms with E-state index in [1.165, 1.54) is 0 Å². The van der Waals surface area contributed by atoms with E-state index in [1.54, 1.807) is 12.3 Å². The second kappa shape index (κ2) is 9.53. The largest absolute Gasteiger partial charge is 0.378 e. The molecule has 1 saturated heterocycles. The summed E-state index contributed by atoms with van der Waals surface area (Å²) in [6.45, 7) is 7.21. The molecule has 0 atom stereocenters. The van der Waals surface area contributed by atoms with Crippen LogP contribution in [0.5, 0.6) is 0 Å². The zero-order chi connectivity index (χ0) is 21.6. The zero-order valence-electron chi connectivity index (χ0n) is 17.8. The number of hydrogen-bond donors (Lipinski definition) is 2. The number of carbonyl (C=O) groups is 1. The van der Waals surface area contributed by atoms with E-state index in [2.05, 4.69) is 34.4 Å². The van der Waals surface area contributed by atoms with Crippen molar-refractivity contribution >= 4 is 23.4 Å². The smallest absolute Gasteiger partial charge is 0.324 e. The summed E-state index contributed by atoms with van der Waals surface area (Å²) in [6.07, 6.45) is 2.51. The number of ether oxygens (including phenoxy) is 1. The standard InChI is InChI=1S/C23H26N6O2/c1-3-19-16(2)22(29-11-13-31-14-12-29)28-21(26-19)17-9-10-20(24-15-17)27-23(30)25-18-7-5-4-6-8-18/h4-10,15H,3,11-14H2,1-2H3,(H2,24,25,27,30). The number of amides is 2. The number of pyridine rings is 1. The molecule has 2 aromatic heterocycles. The number of rotatable bonds is 5. The maximum Gasteiger partial charge on any atom is 0.324 e. The van der Waals surface area contributed by atoms with E-state index in [0.717, 1.165) is 42.1 Å². The van der Waals surface area contributed by atoms with E-state index < -0.39 is 0 Å². The highest BCUT2D eigenvalue weighted by atomic mass is 16.5. The van der Waals surface area contributed by atoms with Gasteiger partial charge in [-0.15, -0.1) is 0 Å². The van der Waals surface area contributed by atoms with Crippen molar-refractivity contribution in [1.82, 2.24) is 15.0 Å². The van der Waals surface area contributed by atoms with Crippen LogP contribution in [0.15, 0.2) is 48.7 Å². The zero-order valence-corrected chi connectivity index (χ0v) is 17.8. The van der Waals surface area contributed by atoms with E-state index in [0.29, 0.717) is 30.5 Å². The lowest BCUT2D eigenvalue weighted by atomic mass is 10.1. The second-order valence-corrected chi connectivity index (χ2v) is 7.27. The van der Waals surface area contributed by atoms with Crippen molar-refractivity contribution < 1.29 is 9.53 Å². The quantitative estimate of drug-likeness (QED) is 0.653. The lowest BCUT2D eigenvalue weighted by Gasteiger charge is -2.29. The molecule has 8 nitrogen and oxygen atoms in total. The summed E-state index contributed by atoms with van der Waals surface area (Å²) in [5.41, 5.74) is 3.65. The van der Waals surface area contributed by atoms with Crippen molar-refractivity contribution in [3.8, 4) is 11.4 Å². The molecule has 0 spiro atoms. The molecule has 1 fully saturated rings. The molecule has 8 heteroatoms. The van der Waals surface area contributed by atoms with Crippen LogP contribution in [0.4, 0.5) is 22.1 Å². The molecule has 0 aliphatic carbocycles. The van der Waals surface area contributed by atoms with E-state index >= 15 is 0 Å². The van der Waals surface area contributed by atoms with Crippen LogP contribution in [0.2, 0.25) is 0 Å². The molecule has 0 unspecified atom stereocenters. The van der Waals surface area contributed by atoms with Crippen molar-refractivity contribution in [1.29, 1.82) is 0 Å². The van der Waals surface area contributed by atoms with Gasteiger partial charge >= 0.3 is 6.03 Å². The molecule has 0 saturated carbocycles. The van der Waals surface area contributed by atoms with Gasteiger partial charge < -0.3 is 15.0 Å². The Kier molecular flexibility index (Phi) is 6.37. The molecule has 1 aliphatic heterocycles. The first-order chi connectivity index (χ1) is 15.1. The Hall–Kier alpha value is -3.52. The number of nitrogens with zero attached hydrogens (tertiary/aromatic N) is 4. The Bertz CT molecular complexity index is 1030. The van der Waals surface area contributed by atoms with Gasteiger partial charge in [0.15, 0.2) is 5.82 Å². The van der Waals surface area contributed by atoms with Gasteiger partial charge in [-0.3, -0.25) is 5.32 Å². The van der Waals surface area contributed by atoms with Gasteiger partial charge in [0.05, 0.1) is 13.2 Å². The Labute approximate surface area is 181 Å². The van der Waals surface area contributed by atoms with Crippen LogP contribution < -0.4 is 15.5 Å². The highest BCUT2D eigenvalue weighted by Gasteiger charge is 2.19. The monoisotopic (exact) mass is 418 g/mol. The number of carbonyl (C=O) groups excluding carboxylic acids is 1. The molecule has 1 aromatic carbocycles. The first-order valence-electron chi connectivity index (χ1n) is 10.4. The summed E-state index contributed by atoms with van der Waals surface area (Å²) in [5, 5.41) is 5.51. The predicted octanol–water partition coefficient (Wildman–Crippen LogP) is 3.89. The van der Waals surface area contributed by atoms with E-state index in [-0.39, 0.29) is 6.03 Å². The van der Waals surface area contributed by atoms with Crippen molar-refractivity contribution in [3.63, 3.8) is 0 Å². The highest BCUT2D eigenvalue weighted by Crippen LogP contribution is 2.26. The molecule has 2 amide bonds. The van der Waals surface area contributed by atoms with Gasteiger partial charge in [-0.1, -0.05) is 25.1 Å². The number of urea groups is 1. The Morgan fingerprint density at radius 3 is 2.52 bits per heavy atom. The van der Waals surface area contributed by atoms with Crippen LogP contribution in [0, 0.1) is 6.92 Å². The number of anilines is 3. The fourth-order valence-corrected chi connectivity index (χ4v) is 3.51. The SMILES string of the molecule is CCc1nc(-c2ccc(NC(=O)Nc3ccccc3)nc2)nc(N2CCOCC2)c1C. The van der Waals surface area contributed by atoms with Crippen LogP contribution >= 0.6 is 0 Å². The van der Waals surface area contributed by atoms with Crippen LogP contribution in [-0.4, -0.2) is 47.3 Å². The molecule has 3 heterocycles. The summed E-state index contributed by atoms with van der Waals surface area (Å²) in [6, 6.07) is 12.5. The molecule has 1 aliphatic rings. The maximum atomic E-state index is 12.2. The van der Waals surface area contributed by atoms with E-state index in [4.69, 9.17) is 14.7 Å². The minimum absolute atomic E-state index is 0.346. The number of hydrogen-bond acceptors (Lipinski definition) is 6. The molecular weight excluding hydrogens is 392 g/mol. The fraction of sp³-hybridized carbons (Fsp3) is 0.304. The fourth-order valence-electron chi connectivity index (χ4n) is 3.51. The van der Waals surface area contributed by atoms with Gasteiger partial charge in [-0.25, -0.2) is 19.7 Å². The van der Waals surface area contributed by atoms with Crippen molar-refractivity contribution in [2.75, 3.05) is 41.8 Å². The molecular formula is C23H26N6O2. The number of nitrogens with one attached hydrogen (secondary N) is 2. The lowest BCUT2D eigenvalue weighted by molar-refractivity contribution is 0.122. The molecule has 160 valence electrons. The number of morpholine rings is 1. The van der Waals surface area contributed by atoms with Crippen LogP contribution in [0.25, 0.3) is 11.4 Å². The highest BCUT2D eigenvalue weighted by molar-refractivity contribution is 5.99. The topological polar surface area (TPSA) is 92.3 Å². The average molecular weight is 419 g/mol. The van der Waals surface area contributed by atoms with Crippen LogP contribution in [0.1, 0.15) is 18.2 Å². The Balaban J connectivity index is 1.52. The number of benzene rings is 1. The van der Waals surface area contributed by atoms with Gasteiger partial charge in [0, 0.05) is 41.8 Å². The first-order valence-corrected chi connectivity index (χ1v) is 10.4. The van der Waals surface area contributed by atoms with E-state index in [9.17, 15) is 4.79 Å². The first kappa shape index (κ1) is 20.7. The molecule has 2 N–H and O–H groups in total. The predicted molar refractivity (Wildman–Crippen MR) is 121 cm³/mol. The van der Waals surface area contributed by atoms with Crippen LogP contribution in [0.3, 0.4) is 0 Å². The minimum atomic E-state index is -0.346. The average Bonchev–Trinajstić information content (AvgIpc) is 2.81. The summed E-state index contributed by atoms with van der Waals surface area (Å²) < 4.78 is 5.48. The summed E-state index contributed by atoms with van der Waals surface area (Å²) in [5.74, 6) is 2.04. The molecule has 4 rings (SSSR count). The third-order valence-electron chi connectivity index (χ3n) is 5.16. The molecule has 3 aromatic rings. The summed E-state index contributed by atoms with van der Waals surface area (Å²) in [7, 11) is 0. The lowest BCUT2D eigenvalue weighted by Crippen LogP contribution is -2.37.